The SMILES string of the molecule is COc1ccc2c(c1)C(O)C(N1CC(C)CC1C)CC2. The lowest BCUT2D eigenvalue weighted by Crippen LogP contribution is -2.44. The summed E-state index contributed by atoms with van der Waals surface area (Å²) in [5, 5.41) is 10.8. The minimum Gasteiger partial charge on any atom is -0.497 e. The summed E-state index contributed by atoms with van der Waals surface area (Å²) in [6.45, 7) is 5.71. The van der Waals surface area contributed by atoms with Crippen molar-refractivity contribution in [2.45, 2.75) is 51.3 Å². The van der Waals surface area contributed by atoms with Gasteiger partial charge in [0.2, 0.25) is 0 Å². The molecule has 0 radical (unpaired) electrons. The monoisotopic (exact) mass is 275 g/mol. The number of methoxy groups -OCH3 is 1. The summed E-state index contributed by atoms with van der Waals surface area (Å²) >= 11 is 0. The number of aliphatic hydroxyl groups is 1. The van der Waals surface area contributed by atoms with Gasteiger partial charge in [-0.1, -0.05) is 13.0 Å². The fraction of sp³-hybridized carbons (Fsp3) is 0.647. The summed E-state index contributed by atoms with van der Waals surface area (Å²) in [6.07, 6.45) is 2.96. The Balaban J connectivity index is 1.86. The number of fused-ring (bicyclic) bond motifs is 1. The number of nitrogens with zero attached hydrogens (tertiary/aromatic N) is 1. The molecule has 3 nitrogen and oxygen atoms in total. The van der Waals surface area contributed by atoms with E-state index in [9.17, 15) is 5.11 Å². The average molecular weight is 275 g/mol. The average Bonchev–Trinajstić information content (AvgIpc) is 2.78. The van der Waals surface area contributed by atoms with Crippen molar-refractivity contribution in [1.29, 1.82) is 0 Å². The summed E-state index contributed by atoms with van der Waals surface area (Å²) in [6, 6.07) is 6.94. The molecule has 1 fully saturated rings. The Morgan fingerprint density at radius 3 is 2.75 bits per heavy atom. The van der Waals surface area contributed by atoms with Crippen molar-refractivity contribution < 1.29 is 9.84 Å². The van der Waals surface area contributed by atoms with Crippen molar-refractivity contribution in [2.24, 2.45) is 5.92 Å². The molecule has 0 amide bonds. The molecule has 110 valence electrons. The summed E-state index contributed by atoms with van der Waals surface area (Å²) in [4.78, 5) is 2.51. The summed E-state index contributed by atoms with van der Waals surface area (Å²) in [7, 11) is 1.68. The molecule has 1 aliphatic carbocycles. The zero-order valence-electron chi connectivity index (χ0n) is 12.7. The number of benzene rings is 1. The Morgan fingerprint density at radius 1 is 1.30 bits per heavy atom. The highest BCUT2D eigenvalue weighted by Crippen LogP contribution is 2.38. The lowest BCUT2D eigenvalue weighted by Gasteiger charge is -2.39. The van der Waals surface area contributed by atoms with Crippen LogP contribution in [0.3, 0.4) is 0 Å². The predicted molar refractivity (Wildman–Crippen MR) is 80.0 cm³/mol. The van der Waals surface area contributed by atoms with Crippen LogP contribution in [0.4, 0.5) is 0 Å². The number of hydrogen-bond acceptors (Lipinski definition) is 3. The van der Waals surface area contributed by atoms with Gasteiger partial charge in [-0.15, -0.1) is 0 Å². The molecule has 0 spiro atoms. The van der Waals surface area contributed by atoms with Gasteiger partial charge >= 0.3 is 0 Å². The quantitative estimate of drug-likeness (QED) is 0.901. The third kappa shape index (κ3) is 2.33. The van der Waals surface area contributed by atoms with Gasteiger partial charge in [0.15, 0.2) is 0 Å². The Morgan fingerprint density at radius 2 is 2.10 bits per heavy atom. The van der Waals surface area contributed by atoms with Crippen LogP contribution in [0, 0.1) is 5.92 Å². The van der Waals surface area contributed by atoms with Gasteiger partial charge in [-0.3, -0.25) is 4.90 Å². The van der Waals surface area contributed by atoms with Gasteiger partial charge in [0.05, 0.1) is 13.2 Å². The van der Waals surface area contributed by atoms with Crippen LogP contribution in [-0.2, 0) is 6.42 Å². The minimum atomic E-state index is -0.387. The van der Waals surface area contributed by atoms with Gasteiger partial charge in [-0.05, 0) is 55.4 Å². The fourth-order valence-electron chi connectivity index (χ4n) is 4.01. The van der Waals surface area contributed by atoms with Crippen molar-refractivity contribution in [1.82, 2.24) is 4.90 Å². The Labute approximate surface area is 121 Å². The van der Waals surface area contributed by atoms with Gasteiger partial charge in [-0.25, -0.2) is 0 Å². The third-order valence-electron chi connectivity index (χ3n) is 5.00. The molecule has 1 saturated heterocycles. The van der Waals surface area contributed by atoms with Crippen LogP contribution in [-0.4, -0.2) is 35.7 Å². The molecule has 0 saturated carbocycles. The molecular weight excluding hydrogens is 250 g/mol. The van der Waals surface area contributed by atoms with E-state index >= 15 is 0 Å². The van der Waals surface area contributed by atoms with Crippen LogP contribution in [0.1, 0.15) is 43.9 Å². The second-order valence-electron chi connectivity index (χ2n) is 6.50. The Hall–Kier alpha value is -1.06. The van der Waals surface area contributed by atoms with E-state index in [0.29, 0.717) is 6.04 Å². The van der Waals surface area contributed by atoms with Crippen molar-refractivity contribution in [2.75, 3.05) is 13.7 Å². The number of likely N-dealkylation sites (tertiary alicyclic amines) is 1. The Bertz CT molecular complexity index is 488. The molecule has 1 heterocycles. The van der Waals surface area contributed by atoms with Crippen molar-refractivity contribution in [3.05, 3.63) is 29.3 Å². The van der Waals surface area contributed by atoms with E-state index in [1.54, 1.807) is 7.11 Å². The molecule has 0 bridgehead atoms. The number of aliphatic hydroxyl groups excluding tert-OH is 1. The molecule has 3 rings (SSSR count). The topological polar surface area (TPSA) is 32.7 Å². The van der Waals surface area contributed by atoms with Crippen LogP contribution in [0.5, 0.6) is 5.75 Å². The van der Waals surface area contributed by atoms with E-state index < -0.39 is 0 Å². The first-order valence-corrected chi connectivity index (χ1v) is 7.70. The molecule has 3 heteroatoms. The highest BCUT2D eigenvalue weighted by atomic mass is 16.5. The zero-order chi connectivity index (χ0) is 14.3. The van der Waals surface area contributed by atoms with Crippen molar-refractivity contribution in [3.8, 4) is 5.75 Å². The minimum absolute atomic E-state index is 0.259. The number of ether oxygens (including phenoxy) is 1. The van der Waals surface area contributed by atoms with Crippen LogP contribution in [0.15, 0.2) is 18.2 Å². The van der Waals surface area contributed by atoms with Gasteiger partial charge in [0.25, 0.3) is 0 Å². The molecule has 1 aliphatic heterocycles. The highest BCUT2D eigenvalue weighted by Gasteiger charge is 2.38. The molecule has 4 atom stereocenters. The predicted octanol–water partition coefficient (Wildman–Crippen LogP) is 2.77. The maximum absolute atomic E-state index is 10.8. The maximum Gasteiger partial charge on any atom is 0.119 e. The molecule has 2 aliphatic rings. The van der Waals surface area contributed by atoms with E-state index in [1.165, 1.54) is 12.0 Å². The van der Waals surface area contributed by atoms with E-state index in [-0.39, 0.29) is 12.1 Å². The largest absolute Gasteiger partial charge is 0.497 e. The van der Waals surface area contributed by atoms with E-state index in [1.807, 2.05) is 12.1 Å². The zero-order valence-corrected chi connectivity index (χ0v) is 12.7. The second-order valence-corrected chi connectivity index (χ2v) is 6.50. The van der Waals surface area contributed by atoms with E-state index in [4.69, 9.17) is 4.74 Å². The van der Waals surface area contributed by atoms with E-state index in [2.05, 4.69) is 24.8 Å². The molecule has 4 unspecified atom stereocenters. The molecule has 0 aromatic heterocycles. The molecule has 1 aromatic rings. The molecule has 1 aromatic carbocycles. The summed E-state index contributed by atoms with van der Waals surface area (Å²) in [5.41, 5.74) is 2.34. The first-order valence-electron chi connectivity index (χ1n) is 7.70. The van der Waals surface area contributed by atoms with Crippen LogP contribution in [0.25, 0.3) is 0 Å². The van der Waals surface area contributed by atoms with Gasteiger partial charge in [0.1, 0.15) is 5.75 Å². The lowest BCUT2D eigenvalue weighted by atomic mass is 9.84. The lowest BCUT2D eigenvalue weighted by molar-refractivity contribution is 0.0311. The smallest absolute Gasteiger partial charge is 0.119 e. The van der Waals surface area contributed by atoms with Crippen molar-refractivity contribution in [3.63, 3.8) is 0 Å². The fourth-order valence-corrected chi connectivity index (χ4v) is 4.01. The Kier molecular flexibility index (Phi) is 3.74. The van der Waals surface area contributed by atoms with Gasteiger partial charge < -0.3 is 9.84 Å². The van der Waals surface area contributed by atoms with Crippen LogP contribution in [0.2, 0.25) is 0 Å². The standard InChI is InChI=1S/C17H25NO2/c1-11-8-12(2)18(10-11)16-7-5-13-4-6-14(20-3)9-15(13)17(16)19/h4,6,9,11-12,16-17,19H,5,7-8,10H2,1-3H3. The number of rotatable bonds is 2. The number of aryl methyl sites for hydroxylation is 1. The third-order valence-corrected chi connectivity index (χ3v) is 5.00. The second kappa shape index (κ2) is 5.38. The normalized spacial score (nSPS) is 34.0. The number of hydrogen-bond donors (Lipinski definition) is 1. The molecule has 1 N–H and O–H groups in total. The first-order chi connectivity index (χ1) is 9.60. The van der Waals surface area contributed by atoms with Crippen molar-refractivity contribution >= 4 is 0 Å². The molecular formula is C17H25NO2. The summed E-state index contributed by atoms with van der Waals surface area (Å²) < 4.78 is 5.30. The van der Waals surface area contributed by atoms with Crippen LogP contribution >= 0.6 is 0 Å². The maximum atomic E-state index is 10.8. The van der Waals surface area contributed by atoms with Crippen LogP contribution < -0.4 is 4.74 Å². The molecule has 20 heavy (non-hydrogen) atoms. The first kappa shape index (κ1) is 13.9. The summed E-state index contributed by atoms with van der Waals surface area (Å²) in [5.74, 6) is 1.58. The van der Waals surface area contributed by atoms with Gasteiger partial charge in [-0.2, -0.15) is 0 Å². The highest BCUT2D eigenvalue weighted by molar-refractivity contribution is 5.39. The van der Waals surface area contributed by atoms with Gasteiger partial charge in [0, 0.05) is 18.6 Å². The van der Waals surface area contributed by atoms with E-state index in [0.717, 1.165) is 36.6 Å².